The highest BCUT2D eigenvalue weighted by atomic mass is 16.6. The number of nitrogens with zero attached hydrogens (tertiary/aromatic N) is 2. The van der Waals surface area contributed by atoms with Crippen molar-refractivity contribution in [3.63, 3.8) is 0 Å². The number of benzene rings is 3. The van der Waals surface area contributed by atoms with Gasteiger partial charge >= 0.3 is 12.1 Å². The van der Waals surface area contributed by atoms with E-state index < -0.39 is 11.7 Å². The summed E-state index contributed by atoms with van der Waals surface area (Å²) in [6.07, 6.45) is 15.7. The summed E-state index contributed by atoms with van der Waals surface area (Å²) in [6.45, 7) is 18.3. The maximum Gasteiger partial charge on any atom is 0.404 e. The number of aryl methyl sites for hydroxylation is 1. The predicted octanol–water partition coefficient (Wildman–Crippen LogP) is 11.5. The number of amides is 1. The lowest BCUT2D eigenvalue weighted by molar-refractivity contribution is -0.154. The average Bonchev–Trinajstić information content (AvgIpc) is 3.16. The molecule has 0 aliphatic rings. The first-order chi connectivity index (χ1) is 25.5. The number of hydrogen-bond acceptors (Lipinski definition) is 7. The molecule has 3 aromatic carbocycles. The van der Waals surface area contributed by atoms with Crippen LogP contribution >= 0.6 is 0 Å². The number of esters is 1. The van der Waals surface area contributed by atoms with E-state index in [1.807, 2.05) is 145 Å². The fourth-order valence-corrected chi connectivity index (χ4v) is 4.59. The highest BCUT2D eigenvalue weighted by Gasteiger charge is 2.16. The summed E-state index contributed by atoms with van der Waals surface area (Å²) in [5.41, 5.74) is 9.32. The Morgan fingerprint density at radius 1 is 0.792 bits per heavy atom. The molecule has 53 heavy (non-hydrogen) atoms. The Bertz CT molecular complexity index is 1580. The number of unbranched alkanes of at least 4 members (excludes halogenated alkanes) is 4. The molecule has 2 N–H and O–H groups in total. The van der Waals surface area contributed by atoms with E-state index in [-0.39, 0.29) is 12.6 Å². The number of aromatic nitrogens is 2. The fourth-order valence-electron chi connectivity index (χ4n) is 4.59. The summed E-state index contributed by atoms with van der Waals surface area (Å²) in [7, 11) is 0. The third-order valence-corrected chi connectivity index (χ3v) is 7.16. The van der Waals surface area contributed by atoms with Crippen molar-refractivity contribution >= 4 is 12.1 Å². The zero-order valence-electron chi connectivity index (χ0n) is 33.0. The Kier molecular flexibility index (Phi) is 23.7. The zero-order chi connectivity index (χ0) is 39.3. The lowest BCUT2D eigenvalue weighted by atomic mass is 10.1. The minimum absolute atomic E-state index is 0.178. The van der Waals surface area contributed by atoms with Crippen LogP contribution in [0.2, 0.25) is 0 Å². The van der Waals surface area contributed by atoms with E-state index in [2.05, 4.69) is 28.2 Å². The van der Waals surface area contributed by atoms with Crippen molar-refractivity contribution in [2.45, 2.75) is 106 Å². The highest BCUT2D eigenvalue weighted by Crippen LogP contribution is 2.24. The number of carbonyl (C=O) groups is 2. The van der Waals surface area contributed by atoms with Crippen LogP contribution in [-0.4, -0.2) is 34.2 Å². The van der Waals surface area contributed by atoms with Crippen LogP contribution in [0.25, 0.3) is 22.5 Å². The van der Waals surface area contributed by atoms with Crippen molar-refractivity contribution < 1.29 is 23.8 Å². The molecule has 0 saturated heterocycles. The second-order valence-corrected chi connectivity index (χ2v) is 12.7. The lowest BCUT2D eigenvalue weighted by Gasteiger charge is -2.19. The van der Waals surface area contributed by atoms with Gasteiger partial charge in [-0.3, -0.25) is 4.79 Å². The monoisotopic (exact) mass is 723 g/mol. The summed E-state index contributed by atoms with van der Waals surface area (Å²) in [4.78, 5) is 31.2. The molecule has 1 amide bonds. The quantitative estimate of drug-likeness (QED) is 0.0737. The van der Waals surface area contributed by atoms with Crippen LogP contribution in [0.5, 0.6) is 5.75 Å². The number of allylic oxidation sites excluding steroid dienone is 3. The summed E-state index contributed by atoms with van der Waals surface area (Å²) >= 11 is 0. The van der Waals surface area contributed by atoms with Crippen molar-refractivity contribution in [1.29, 1.82) is 0 Å². The van der Waals surface area contributed by atoms with Crippen molar-refractivity contribution in [3.8, 4) is 28.3 Å². The van der Waals surface area contributed by atoms with Gasteiger partial charge in [-0.25, -0.2) is 14.8 Å². The Hall–Kier alpha value is -5.24. The third-order valence-electron chi connectivity index (χ3n) is 7.16. The van der Waals surface area contributed by atoms with Crippen LogP contribution in [0.1, 0.15) is 98.1 Å². The van der Waals surface area contributed by atoms with Crippen LogP contribution in [0.15, 0.2) is 116 Å². The van der Waals surface area contributed by atoms with E-state index in [1.165, 1.54) is 25.7 Å². The van der Waals surface area contributed by atoms with Crippen LogP contribution in [0.3, 0.4) is 0 Å². The predicted molar refractivity (Wildman–Crippen MR) is 218 cm³/mol. The van der Waals surface area contributed by atoms with Gasteiger partial charge in [0.05, 0.1) is 6.61 Å². The molecule has 0 radical (unpaired) electrons. The molecule has 8 heteroatoms. The lowest BCUT2D eigenvalue weighted by Crippen LogP contribution is -2.23. The van der Waals surface area contributed by atoms with Crippen molar-refractivity contribution in [1.82, 2.24) is 9.97 Å². The van der Waals surface area contributed by atoms with Crippen LogP contribution in [0, 0.1) is 0 Å². The van der Waals surface area contributed by atoms with Gasteiger partial charge in [0.25, 0.3) is 0 Å². The van der Waals surface area contributed by atoms with Crippen LogP contribution < -0.4 is 10.5 Å². The topological polar surface area (TPSA) is 114 Å². The van der Waals surface area contributed by atoms with E-state index in [1.54, 1.807) is 6.08 Å². The summed E-state index contributed by atoms with van der Waals surface area (Å²) in [5.74, 6) is 1.39. The van der Waals surface area contributed by atoms with E-state index >= 15 is 0 Å². The molecule has 0 aliphatic carbocycles. The standard InChI is InChI=1S/C30H38N2O3.C8H9NO2.C5H8.C2H6/c1-5-6-7-8-9-20-34-27-17-15-24(16-18-27)26-21-31-29(32-22-26)25-13-10-23(11-14-25)12-19-28(33)35-30(2,3)4;9-8(10)11-6-7-4-2-1-3-5-7;1-3-5-4-2;1-2/h10-11,13-18,21-22H,5-9,12,19-20H2,1-4H3;1-5H,6H2,(H2,9,10);3-5H,1H2,2H3;1-2H3/b;;5-4-;. The second-order valence-electron chi connectivity index (χ2n) is 12.7. The number of primary amides is 1. The molecule has 1 aromatic heterocycles. The van der Waals surface area contributed by atoms with Gasteiger partial charge in [0, 0.05) is 29.9 Å². The molecule has 286 valence electrons. The molecule has 0 aliphatic heterocycles. The molecule has 0 atom stereocenters. The molecule has 0 unspecified atom stereocenters. The van der Waals surface area contributed by atoms with Gasteiger partial charge in [0.15, 0.2) is 5.82 Å². The molecule has 0 fully saturated rings. The first-order valence-corrected chi connectivity index (χ1v) is 18.6. The van der Waals surface area contributed by atoms with Gasteiger partial charge in [-0.2, -0.15) is 0 Å². The molecule has 4 rings (SSSR count). The molecule has 0 saturated carbocycles. The van der Waals surface area contributed by atoms with Gasteiger partial charge in [0.1, 0.15) is 18.0 Å². The summed E-state index contributed by atoms with van der Waals surface area (Å²) in [5, 5.41) is 0. The normalized spacial score (nSPS) is 10.3. The minimum Gasteiger partial charge on any atom is -0.494 e. The van der Waals surface area contributed by atoms with Gasteiger partial charge in [-0.1, -0.05) is 138 Å². The molecule has 0 spiro atoms. The maximum atomic E-state index is 11.9. The molecule has 0 bridgehead atoms. The van der Waals surface area contributed by atoms with Gasteiger partial charge in [-0.05, 0) is 69.4 Å². The number of nitrogens with two attached hydrogens (primary N) is 1. The number of ether oxygens (including phenoxy) is 3. The molecule has 8 nitrogen and oxygen atoms in total. The number of carbonyl (C=O) groups excluding carboxylic acids is 2. The van der Waals surface area contributed by atoms with E-state index in [4.69, 9.17) is 15.2 Å². The van der Waals surface area contributed by atoms with Crippen molar-refractivity contribution in [3.05, 3.63) is 127 Å². The minimum atomic E-state index is -0.742. The van der Waals surface area contributed by atoms with E-state index in [0.29, 0.717) is 18.7 Å². The first-order valence-electron chi connectivity index (χ1n) is 18.6. The Labute approximate surface area is 318 Å². The van der Waals surface area contributed by atoms with Gasteiger partial charge < -0.3 is 19.9 Å². The first kappa shape index (κ1) is 45.8. The van der Waals surface area contributed by atoms with Crippen molar-refractivity contribution in [2.24, 2.45) is 5.73 Å². The maximum absolute atomic E-state index is 11.9. The molecule has 1 heterocycles. The van der Waals surface area contributed by atoms with Gasteiger partial charge in [0.2, 0.25) is 0 Å². The number of rotatable bonds is 15. The Morgan fingerprint density at radius 3 is 1.92 bits per heavy atom. The number of hydrogen-bond donors (Lipinski definition) is 1. The van der Waals surface area contributed by atoms with E-state index in [9.17, 15) is 9.59 Å². The van der Waals surface area contributed by atoms with Crippen LogP contribution in [-0.2, 0) is 27.3 Å². The molecular weight excluding hydrogens is 663 g/mol. The van der Waals surface area contributed by atoms with Gasteiger partial charge in [-0.15, -0.1) is 0 Å². The smallest absolute Gasteiger partial charge is 0.404 e. The van der Waals surface area contributed by atoms with E-state index in [0.717, 1.165) is 46.6 Å². The molecule has 4 aromatic rings. The average molecular weight is 724 g/mol. The summed E-state index contributed by atoms with van der Waals surface area (Å²) in [6, 6.07) is 25.5. The zero-order valence-corrected chi connectivity index (χ0v) is 33.0. The SMILES string of the molecule is C=C/C=C\C.CC.CCCCCCCOc1ccc(-c2cnc(-c3ccc(CCC(=O)OC(C)(C)C)cc3)nc2)cc1.NC(=O)OCc1ccccc1. The third kappa shape index (κ3) is 21.7. The van der Waals surface area contributed by atoms with Crippen LogP contribution in [0.4, 0.5) is 4.79 Å². The Balaban J connectivity index is 0.000000641. The molecular formula is C45H61N3O5. The Morgan fingerprint density at radius 2 is 1.40 bits per heavy atom. The second kappa shape index (κ2) is 27.4. The van der Waals surface area contributed by atoms with Crippen molar-refractivity contribution in [2.75, 3.05) is 6.61 Å². The highest BCUT2D eigenvalue weighted by molar-refractivity contribution is 5.70. The summed E-state index contributed by atoms with van der Waals surface area (Å²) < 4.78 is 15.8. The fraction of sp³-hybridized carbons (Fsp3) is 0.378. The largest absolute Gasteiger partial charge is 0.494 e.